The topological polar surface area (TPSA) is 98.8 Å². The Morgan fingerprint density at radius 2 is 1.79 bits per heavy atom. The quantitative estimate of drug-likeness (QED) is 0.574. The molecule has 2 heterocycles. The van der Waals surface area contributed by atoms with Gasteiger partial charge in [-0.05, 0) is 36.4 Å². The maximum absolute atomic E-state index is 14.1. The number of aromatic amines is 1. The van der Waals surface area contributed by atoms with Crippen molar-refractivity contribution in [2.75, 3.05) is 52.3 Å². The Hall–Kier alpha value is -3.44. The van der Waals surface area contributed by atoms with Crippen LogP contribution in [0.5, 0.6) is 5.75 Å². The molecule has 2 aromatic carbocycles. The molecule has 1 amide bonds. The molecule has 0 unspecified atom stereocenters. The lowest BCUT2D eigenvalue weighted by Crippen LogP contribution is -2.49. The van der Waals surface area contributed by atoms with E-state index in [2.05, 4.69) is 10.2 Å². The molecule has 11 heteroatoms. The molecular weight excluding hydrogens is 461 g/mol. The molecule has 0 atom stereocenters. The van der Waals surface area contributed by atoms with Crippen LogP contribution in [-0.4, -0.2) is 81.1 Å². The number of benzene rings is 2. The van der Waals surface area contributed by atoms with Crippen molar-refractivity contribution >= 4 is 21.6 Å². The predicted molar refractivity (Wildman–Crippen MR) is 126 cm³/mol. The summed E-state index contributed by atoms with van der Waals surface area (Å²) in [5, 5.41) is 6.98. The first-order chi connectivity index (χ1) is 16.2. The number of para-hydroxylation sites is 1. The van der Waals surface area contributed by atoms with E-state index in [-0.39, 0.29) is 22.4 Å². The van der Waals surface area contributed by atoms with Gasteiger partial charge in [0.15, 0.2) is 0 Å². The van der Waals surface area contributed by atoms with E-state index < -0.39 is 10.0 Å². The van der Waals surface area contributed by atoms with E-state index in [1.807, 2.05) is 4.90 Å². The van der Waals surface area contributed by atoms with Gasteiger partial charge in [0.05, 0.1) is 18.5 Å². The summed E-state index contributed by atoms with van der Waals surface area (Å²) in [4.78, 5) is 16.6. The number of anilines is 1. The van der Waals surface area contributed by atoms with Gasteiger partial charge in [-0.2, -0.15) is 5.10 Å². The van der Waals surface area contributed by atoms with Gasteiger partial charge >= 0.3 is 0 Å². The third kappa shape index (κ3) is 4.48. The van der Waals surface area contributed by atoms with Crippen LogP contribution in [0.3, 0.4) is 0 Å². The van der Waals surface area contributed by atoms with Crippen LogP contribution in [0.25, 0.3) is 11.3 Å². The summed E-state index contributed by atoms with van der Waals surface area (Å²) in [6.07, 6.45) is 0. The Kier molecular flexibility index (Phi) is 6.58. The number of methoxy groups -OCH3 is 1. The second-order valence-electron chi connectivity index (χ2n) is 8.05. The highest BCUT2D eigenvalue weighted by molar-refractivity contribution is 7.89. The standard InChI is InChI=1S/C23H26FN5O4S/c1-27(2)34(31,32)22-14-16(8-9-21(22)33-3)18-15-19(26-25-18)23(30)29-12-10-28(11-13-29)20-7-5-4-6-17(20)24/h4-9,14-15H,10-13H2,1-3H3,(H,25,26). The highest BCUT2D eigenvalue weighted by atomic mass is 32.2. The van der Waals surface area contributed by atoms with Crippen LogP contribution in [0.4, 0.5) is 10.1 Å². The van der Waals surface area contributed by atoms with Crippen LogP contribution in [0, 0.1) is 5.82 Å². The SMILES string of the molecule is COc1ccc(-c2cc(C(=O)N3CCN(c4ccccc4F)CC3)[nH]n2)cc1S(=O)(=O)N(C)C. The van der Waals surface area contributed by atoms with Crippen molar-refractivity contribution in [2.24, 2.45) is 0 Å². The number of hydrogen-bond acceptors (Lipinski definition) is 6. The third-order valence-corrected chi connectivity index (χ3v) is 7.62. The minimum absolute atomic E-state index is 0.0117. The predicted octanol–water partition coefficient (Wildman–Crippen LogP) is 2.44. The summed E-state index contributed by atoms with van der Waals surface area (Å²) in [5.74, 6) is -0.283. The molecule has 0 spiro atoms. The number of aromatic nitrogens is 2. The molecule has 0 aliphatic carbocycles. The van der Waals surface area contributed by atoms with Crippen molar-refractivity contribution < 1.29 is 22.3 Å². The molecule has 1 N–H and O–H groups in total. The molecule has 180 valence electrons. The van der Waals surface area contributed by atoms with E-state index >= 15 is 0 Å². The first-order valence-corrected chi connectivity index (χ1v) is 12.1. The number of ether oxygens (including phenoxy) is 1. The first kappa shape index (κ1) is 23.7. The van der Waals surface area contributed by atoms with Gasteiger partial charge in [-0.25, -0.2) is 17.1 Å². The molecule has 1 aliphatic rings. The number of piperazine rings is 1. The highest BCUT2D eigenvalue weighted by Crippen LogP contribution is 2.31. The zero-order valence-electron chi connectivity index (χ0n) is 19.2. The average Bonchev–Trinajstić information content (AvgIpc) is 3.34. The van der Waals surface area contributed by atoms with E-state index in [1.54, 1.807) is 41.3 Å². The largest absolute Gasteiger partial charge is 0.495 e. The van der Waals surface area contributed by atoms with Gasteiger partial charge in [0.2, 0.25) is 10.0 Å². The van der Waals surface area contributed by atoms with Gasteiger partial charge in [0.1, 0.15) is 22.2 Å². The maximum atomic E-state index is 14.1. The van der Waals surface area contributed by atoms with Crippen LogP contribution in [-0.2, 0) is 10.0 Å². The van der Waals surface area contributed by atoms with E-state index in [1.165, 1.54) is 33.3 Å². The Morgan fingerprint density at radius 3 is 2.44 bits per heavy atom. The van der Waals surface area contributed by atoms with Crippen molar-refractivity contribution in [1.29, 1.82) is 0 Å². The number of nitrogens with one attached hydrogen (secondary N) is 1. The molecule has 1 aliphatic heterocycles. The summed E-state index contributed by atoms with van der Waals surface area (Å²) in [6, 6.07) is 12.9. The van der Waals surface area contributed by atoms with Crippen molar-refractivity contribution in [3.63, 3.8) is 0 Å². The maximum Gasteiger partial charge on any atom is 0.272 e. The molecule has 0 saturated carbocycles. The molecular formula is C23H26FN5O4S. The highest BCUT2D eigenvalue weighted by Gasteiger charge is 2.26. The van der Waals surface area contributed by atoms with Gasteiger partial charge in [-0.15, -0.1) is 0 Å². The fourth-order valence-electron chi connectivity index (χ4n) is 3.84. The number of nitrogens with zero attached hydrogens (tertiary/aromatic N) is 4. The number of sulfonamides is 1. The zero-order chi connectivity index (χ0) is 24.5. The fraction of sp³-hybridized carbons (Fsp3) is 0.304. The summed E-state index contributed by atoms with van der Waals surface area (Å²) >= 11 is 0. The van der Waals surface area contributed by atoms with Gasteiger partial charge in [-0.1, -0.05) is 12.1 Å². The van der Waals surface area contributed by atoms with E-state index in [0.29, 0.717) is 48.8 Å². The summed E-state index contributed by atoms with van der Waals surface area (Å²) < 4.78 is 45.8. The van der Waals surface area contributed by atoms with Gasteiger partial charge in [0, 0.05) is 45.8 Å². The van der Waals surface area contributed by atoms with Gasteiger partial charge in [0.25, 0.3) is 5.91 Å². The third-order valence-electron chi connectivity index (χ3n) is 5.79. The lowest BCUT2D eigenvalue weighted by Gasteiger charge is -2.36. The van der Waals surface area contributed by atoms with Crippen LogP contribution in [0.1, 0.15) is 10.5 Å². The molecule has 9 nitrogen and oxygen atoms in total. The number of carbonyl (C=O) groups is 1. The normalized spacial score (nSPS) is 14.5. The molecule has 1 saturated heterocycles. The van der Waals surface area contributed by atoms with E-state index in [0.717, 1.165) is 4.31 Å². The fourth-order valence-corrected chi connectivity index (χ4v) is 4.92. The molecule has 0 bridgehead atoms. The Balaban J connectivity index is 1.51. The Morgan fingerprint density at radius 1 is 1.09 bits per heavy atom. The van der Waals surface area contributed by atoms with Gasteiger partial charge in [-0.3, -0.25) is 9.89 Å². The van der Waals surface area contributed by atoms with Crippen LogP contribution in [0.2, 0.25) is 0 Å². The lowest BCUT2D eigenvalue weighted by molar-refractivity contribution is 0.0740. The second-order valence-corrected chi connectivity index (χ2v) is 10.2. The van der Waals surface area contributed by atoms with Crippen molar-refractivity contribution in [3.8, 4) is 17.0 Å². The number of halogens is 1. The van der Waals surface area contributed by atoms with Crippen LogP contribution in [0.15, 0.2) is 53.4 Å². The van der Waals surface area contributed by atoms with Crippen LogP contribution >= 0.6 is 0 Å². The molecule has 1 aromatic heterocycles. The Labute approximate surface area is 197 Å². The average molecular weight is 488 g/mol. The molecule has 34 heavy (non-hydrogen) atoms. The smallest absolute Gasteiger partial charge is 0.272 e. The zero-order valence-corrected chi connectivity index (χ0v) is 20.0. The van der Waals surface area contributed by atoms with E-state index in [9.17, 15) is 17.6 Å². The monoisotopic (exact) mass is 487 g/mol. The van der Waals surface area contributed by atoms with Crippen LogP contribution < -0.4 is 9.64 Å². The van der Waals surface area contributed by atoms with Crippen molar-refractivity contribution in [2.45, 2.75) is 4.90 Å². The molecule has 4 rings (SSSR count). The number of hydrogen-bond donors (Lipinski definition) is 1. The summed E-state index contributed by atoms with van der Waals surface area (Å²) in [6.45, 7) is 1.90. The summed E-state index contributed by atoms with van der Waals surface area (Å²) in [5.41, 5.74) is 1.79. The number of carbonyl (C=O) groups excluding carboxylic acids is 1. The minimum atomic E-state index is -3.74. The van der Waals surface area contributed by atoms with Crippen molar-refractivity contribution in [1.82, 2.24) is 19.4 Å². The molecule has 0 radical (unpaired) electrons. The van der Waals surface area contributed by atoms with E-state index in [4.69, 9.17) is 4.74 Å². The Bertz CT molecular complexity index is 1300. The second kappa shape index (κ2) is 9.43. The number of amides is 1. The lowest BCUT2D eigenvalue weighted by atomic mass is 10.1. The minimum Gasteiger partial charge on any atom is -0.495 e. The summed E-state index contributed by atoms with van der Waals surface area (Å²) in [7, 11) is 0.546. The number of rotatable bonds is 6. The van der Waals surface area contributed by atoms with Crippen molar-refractivity contribution in [3.05, 3.63) is 60.0 Å². The molecule has 1 fully saturated rings. The van der Waals surface area contributed by atoms with Gasteiger partial charge < -0.3 is 14.5 Å². The molecule has 3 aromatic rings. The first-order valence-electron chi connectivity index (χ1n) is 10.7. The number of H-pyrrole nitrogens is 1.